The van der Waals surface area contributed by atoms with Gasteiger partial charge in [-0.15, -0.1) is 0 Å². The lowest BCUT2D eigenvalue weighted by atomic mass is 9.89. The van der Waals surface area contributed by atoms with Crippen LogP contribution in [0.15, 0.2) is 30.3 Å². The van der Waals surface area contributed by atoms with E-state index in [4.69, 9.17) is 9.47 Å². The van der Waals surface area contributed by atoms with Crippen molar-refractivity contribution in [1.29, 1.82) is 0 Å². The third kappa shape index (κ3) is 13.3. The number of nitrogens with zero attached hydrogens (tertiary/aromatic N) is 3. The quantitative estimate of drug-likeness (QED) is 0.136. The summed E-state index contributed by atoms with van der Waals surface area (Å²) in [5, 5.41) is 15.7. The van der Waals surface area contributed by atoms with Crippen LogP contribution in [0.2, 0.25) is 0 Å². The van der Waals surface area contributed by atoms with Crippen LogP contribution >= 0.6 is 0 Å². The summed E-state index contributed by atoms with van der Waals surface area (Å²) in [4.78, 5) is 73.5. The first-order chi connectivity index (χ1) is 26.4. The van der Waals surface area contributed by atoms with Gasteiger partial charge in [0.1, 0.15) is 12.1 Å². The normalized spacial score (nSPS) is 18.8. The van der Waals surface area contributed by atoms with Gasteiger partial charge in [0.2, 0.25) is 23.6 Å². The number of benzene rings is 1. The third-order valence-electron chi connectivity index (χ3n) is 11.6. The molecule has 3 N–H and O–H groups in total. The van der Waals surface area contributed by atoms with Gasteiger partial charge in [-0.25, -0.2) is 4.79 Å². The van der Waals surface area contributed by atoms with Gasteiger partial charge in [0.25, 0.3) is 0 Å². The highest BCUT2D eigenvalue weighted by atomic mass is 16.5. The average molecular weight is 788 g/mol. The SMILES string of the molecule is CCCCN(C)[C@H](C(=O)N[C@H](C(=O)N(C)[C@@H]([C@@H](C)CC)[C@@H](CC(=O)N1CCC[C@H]1[C@H](OC)[C@@H](C)C(=O)NC(Cc1ccccc1)C(=O)O)OC)C(C)C)C(C)C. The van der Waals surface area contributed by atoms with E-state index in [1.807, 2.05) is 78.9 Å². The zero-order valence-corrected chi connectivity index (χ0v) is 36.2. The number of aliphatic carboxylic acids is 1. The van der Waals surface area contributed by atoms with Gasteiger partial charge < -0.3 is 35.0 Å². The van der Waals surface area contributed by atoms with Crippen molar-refractivity contribution in [3.8, 4) is 0 Å². The summed E-state index contributed by atoms with van der Waals surface area (Å²) in [7, 11) is 6.73. The largest absolute Gasteiger partial charge is 0.480 e. The van der Waals surface area contributed by atoms with Crippen LogP contribution in [0.5, 0.6) is 0 Å². The molecule has 1 fully saturated rings. The molecule has 1 heterocycles. The Morgan fingerprint density at radius 1 is 0.911 bits per heavy atom. The van der Waals surface area contributed by atoms with E-state index in [2.05, 4.69) is 22.5 Å². The molecule has 1 aliphatic heterocycles. The van der Waals surface area contributed by atoms with Crippen molar-refractivity contribution in [1.82, 2.24) is 25.3 Å². The van der Waals surface area contributed by atoms with Gasteiger partial charge in [-0.2, -0.15) is 0 Å². The second kappa shape index (κ2) is 23.6. The molecular formula is C43H73N5O8. The molecule has 2 rings (SSSR count). The van der Waals surface area contributed by atoms with E-state index in [1.54, 1.807) is 30.9 Å². The highest BCUT2D eigenvalue weighted by Crippen LogP contribution is 2.30. The zero-order valence-electron chi connectivity index (χ0n) is 36.2. The molecule has 56 heavy (non-hydrogen) atoms. The summed E-state index contributed by atoms with van der Waals surface area (Å²) in [5.74, 6) is -3.15. The highest BCUT2D eigenvalue weighted by Gasteiger charge is 2.43. The molecular weight excluding hydrogens is 714 g/mol. The molecule has 0 bridgehead atoms. The number of carboxylic acid groups (broad SMARTS) is 1. The lowest BCUT2D eigenvalue weighted by Gasteiger charge is -2.41. The molecule has 1 unspecified atom stereocenters. The van der Waals surface area contributed by atoms with Crippen LogP contribution in [0, 0.1) is 23.7 Å². The summed E-state index contributed by atoms with van der Waals surface area (Å²) < 4.78 is 11.9. The van der Waals surface area contributed by atoms with Crippen molar-refractivity contribution < 1.29 is 38.6 Å². The van der Waals surface area contributed by atoms with Crippen molar-refractivity contribution in [2.75, 3.05) is 41.4 Å². The Bertz CT molecular complexity index is 1390. The molecule has 9 atom stereocenters. The maximum Gasteiger partial charge on any atom is 0.326 e. The highest BCUT2D eigenvalue weighted by molar-refractivity contribution is 5.90. The minimum Gasteiger partial charge on any atom is -0.480 e. The Hall–Kier alpha value is -3.55. The minimum atomic E-state index is -1.14. The number of carbonyl (C=O) groups is 5. The topological polar surface area (TPSA) is 158 Å². The smallest absolute Gasteiger partial charge is 0.326 e. The fourth-order valence-electron chi connectivity index (χ4n) is 8.19. The van der Waals surface area contributed by atoms with Crippen molar-refractivity contribution in [2.24, 2.45) is 23.7 Å². The molecule has 0 aromatic heterocycles. The van der Waals surface area contributed by atoms with E-state index in [9.17, 15) is 29.1 Å². The predicted octanol–water partition coefficient (Wildman–Crippen LogP) is 4.62. The first-order valence-electron chi connectivity index (χ1n) is 20.6. The number of rotatable bonds is 24. The Morgan fingerprint density at radius 2 is 1.55 bits per heavy atom. The van der Waals surface area contributed by atoms with E-state index < -0.39 is 54.2 Å². The van der Waals surface area contributed by atoms with Crippen LogP contribution in [-0.4, -0.2) is 133 Å². The first kappa shape index (κ1) is 48.6. The molecule has 1 aromatic carbocycles. The standard InChI is InChI=1S/C43H73N5O8/c1-13-15-23-46(9)37(28(5)6)41(51)45-36(27(3)4)42(52)47(10)38(29(7)14-2)34(55-11)26-35(49)48-24-19-22-33(48)39(56-12)30(8)40(50)44-32(43(53)54)25-31-20-17-16-18-21-31/h16-18,20-21,27-30,32-34,36-39H,13-15,19,22-26H2,1-12H3,(H,44,50)(H,45,51)(H,53,54)/t29-,30+,32?,33-,34+,36-,37-,38-,39+/m0/s1. The number of hydrogen-bond donors (Lipinski definition) is 3. The molecule has 0 spiro atoms. The third-order valence-corrected chi connectivity index (χ3v) is 11.6. The van der Waals surface area contributed by atoms with E-state index in [0.29, 0.717) is 19.4 Å². The number of hydrogen-bond acceptors (Lipinski definition) is 8. The van der Waals surface area contributed by atoms with E-state index in [0.717, 1.165) is 31.4 Å². The predicted molar refractivity (Wildman–Crippen MR) is 219 cm³/mol. The molecule has 0 aliphatic carbocycles. The Labute approximate surface area is 336 Å². The van der Waals surface area contributed by atoms with Crippen LogP contribution in [0.1, 0.15) is 99.5 Å². The summed E-state index contributed by atoms with van der Waals surface area (Å²) in [6.45, 7) is 17.0. The summed E-state index contributed by atoms with van der Waals surface area (Å²) in [6.07, 6.45) is 2.81. The minimum absolute atomic E-state index is 0.00878. The molecule has 0 radical (unpaired) electrons. The van der Waals surface area contributed by atoms with E-state index >= 15 is 0 Å². The molecule has 0 saturated carbocycles. The number of likely N-dealkylation sites (N-methyl/N-ethyl adjacent to an activating group) is 2. The average Bonchev–Trinajstić information content (AvgIpc) is 3.65. The maximum atomic E-state index is 14.4. The van der Waals surface area contributed by atoms with Crippen molar-refractivity contribution in [3.63, 3.8) is 0 Å². The Morgan fingerprint density at radius 3 is 2.07 bits per heavy atom. The Kier molecular flexibility index (Phi) is 20.5. The molecule has 1 saturated heterocycles. The second-order valence-electron chi connectivity index (χ2n) is 16.4. The Balaban J connectivity index is 2.28. The maximum absolute atomic E-state index is 14.4. The van der Waals surface area contributed by atoms with Gasteiger partial charge in [0.05, 0.1) is 42.7 Å². The van der Waals surface area contributed by atoms with Gasteiger partial charge >= 0.3 is 5.97 Å². The fourth-order valence-corrected chi connectivity index (χ4v) is 8.19. The van der Waals surface area contributed by atoms with Gasteiger partial charge in [-0.1, -0.05) is 98.6 Å². The molecule has 1 aliphatic rings. The van der Waals surface area contributed by atoms with Gasteiger partial charge in [0.15, 0.2) is 0 Å². The van der Waals surface area contributed by atoms with Crippen molar-refractivity contribution in [2.45, 2.75) is 143 Å². The van der Waals surface area contributed by atoms with Crippen molar-refractivity contribution >= 4 is 29.6 Å². The van der Waals surface area contributed by atoms with E-state index in [1.165, 1.54) is 7.11 Å². The number of amides is 4. The molecule has 13 nitrogen and oxygen atoms in total. The number of likely N-dealkylation sites (tertiary alicyclic amines) is 1. The molecule has 4 amide bonds. The molecule has 318 valence electrons. The van der Waals surface area contributed by atoms with Gasteiger partial charge in [-0.05, 0) is 56.2 Å². The zero-order chi connectivity index (χ0) is 42.3. The van der Waals surface area contributed by atoms with Crippen LogP contribution in [0.3, 0.4) is 0 Å². The number of nitrogens with one attached hydrogen (secondary N) is 2. The summed E-state index contributed by atoms with van der Waals surface area (Å²) in [6, 6.07) is 5.92. The van der Waals surface area contributed by atoms with Crippen molar-refractivity contribution in [3.05, 3.63) is 35.9 Å². The number of ether oxygens (including phenoxy) is 2. The monoisotopic (exact) mass is 788 g/mol. The number of carbonyl (C=O) groups excluding carboxylic acids is 4. The number of carboxylic acids is 1. The lowest BCUT2D eigenvalue weighted by molar-refractivity contribution is -0.148. The fraction of sp³-hybridized carbons (Fsp3) is 0.744. The van der Waals surface area contributed by atoms with Gasteiger partial charge in [-0.3, -0.25) is 24.1 Å². The molecule has 13 heteroatoms. The summed E-state index contributed by atoms with van der Waals surface area (Å²) in [5.41, 5.74) is 0.786. The van der Waals surface area contributed by atoms with Crippen LogP contribution in [-0.2, 0) is 39.9 Å². The van der Waals surface area contributed by atoms with Crippen LogP contribution < -0.4 is 10.6 Å². The second-order valence-corrected chi connectivity index (χ2v) is 16.4. The first-order valence-corrected chi connectivity index (χ1v) is 20.6. The number of methoxy groups -OCH3 is 2. The summed E-state index contributed by atoms with van der Waals surface area (Å²) >= 11 is 0. The molecule has 1 aromatic rings. The lowest BCUT2D eigenvalue weighted by Crippen LogP contribution is -2.60. The van der Waals surface area contributed by atoms with Crippen LogP contribution in [0.25, 0.3) is 0 Å². The number of unbranched alkanes of at least 4 members (excludes halogenated alkanes) is 1. The van der Waals surface area contributed by atoms with Crippen LogP contribution in [0.4, 0.5) is 0 Å². The van der Waals surface area contributed by atoms with E-state index in [-0.39, 0.29) is 54.4 Å². The van der Waals surface area contributed by atoms with Gasteiger partial charge in [0, 0.05) is 34.2 Å².